The first-order valence-corrected chi connectivity index (χ1v) is 4.45. The Hall–Kier alpha value is -1.84. The number of carbonyl (C=O) groups is 1. The van der Waals surface area contributed by atoms with Gasteiger partial charge in [0.25, 0.3) is 0 Å². The van der Waals surface area contributed by atoms with Gasteiger partial charge < -0.3 is 9.47 Å². The zero-order valence-electron chi connectivity index (χ0n) is 8.98. The van der Waals surface area contributed by atoms with E-state index in [-0.39, 0.29) is 0 Å². The minimum absolute atomic E-state index is 0.322. The van der Waals surface area contributed by atoms with Gasteiger partial charge in [0.1, 0.15) is 11.5 Å². The molecule has 0 unspecified atom stereocenters. The van der Waals surface area contributed by atoms with Crippen molar-refractivity contribution in [2.75, 3.05) is 14.2 Å². The fraction of sp³-hybridized carbons (Fsp3) is 0.273. The van der Waals surface area contributed by atoms with Crippen LogP contribution in [0.2, 0.25) is 0 Å². The monoisotopic (exact) mass is 207 g/mol. The maximum absolute atomic E-state index is 11.1. The molecule has 1 aromatic carbocycles. The predicted octanol–water partition coefficient (Wildman–Crippen LogP) is 1.96. The van der Waals surface area contributed by atoms with Crippen LogP contribution in [0.5, 0.6) is 5.75 Å². The topological polar surface area (TPSA) is 47.9 Å². The van der Waals surface area contributed by atoms with Crippen LogP contribution >= 0.6 is 0 Å². The van der Waals surface area contributed by atoms with Gasteiger partial charge in [-0.2, -0.15) is 0 Å². The van der Waals surface area contributed by atoms with E-state index in [4.69, 9.17) is 4.74 Å². The van der Waals surface area contributed by atoms with Crippen LogP contribution in [0.15, 0.2) is 29.3 Å². The highest BCUT2D eigenvalue weighted by Crippen LogP contribution is 2.17. The van der Waals surface area contributed by atoms with Gasteiger partial charge >= 0.3 is 5.97 Å². The molecule has 4 heteroatoms. The first-order valence-electron chi connectivity index (χ1n) is 4.45. The molecule has 0 atom stereocenters. The molecule has 0 spiro atoms. The number of carbonyl (C=O) groups excluding carboxylic acids is 1. The molecule has 0 aliphatic rings. The standard InChI is InChI=1S/C11H13NO3/c1-8(11(13)15-3)12-9-4-6-10(14-2)7-5-9/h4-7H,1-3H3. The maximum atomic E-state index is 11.1. The summed E-state index contributed by atoms with van der Waals surface area (Å²) >= 11 is 0. The lowest BCUT2D eigenvalue weighted by Crippen LogP contribution is -2.11. The number of nitrogens with zero attached hydrogens (tertiary/aromatic N) is 1. The van der Waals surface area contributed by atoms with E-state index in [1.807, 2.05) is 0 Å². The molecular formula is C11H13NO3. The molecule has 0 amide bonds. The Morgan fingerprint density at radius 3 is 2.27 bits per heavy atom. The molecule has 0 aliphatic heterocycles. The Balaban J connectivity index is 2.84. The summed E-state index contributed by atoms with van der Waals surface area (Å²) in [6.45, 7) is 1.61. The Kier molecular flexibility index (Phi) is 3.85. The van der Waals surface area contributed by atoms with Gasteiger partial charge in [0, 0.05) is 0 Å². The van der Waals surface area contributed by atoms with Crippen molar-refractivity contribution in [2.45, 2.75) is 6.92 Å². The van der Waals surface area contributed by atoms with Crippen LogP contribution < -0.4 is 4.74 Å². The molecule has 0 saturated heterocycles. The van der Waals surface area contributed by atoms with Crippen LogP contribution in [0.25, 0.3) is 0 Å². The summed E-state index contributed by atoms with van der Waals surface area (Å²) < 4.78 is 9.54. The average molecular weight is 207 g/mol. The summed E-state index contributed by atoms with van der Waals surface area (Å²) in [7, 11) is 2.92. The fourth-order valence-electron chi connectivity index (χ4n) is 1.04. The summed E-state index contributed by atoms with van der Waals surface area (Å²) in [5.74, 6) is 0.329. The van der Waals surface area contributed by atoms with E-state index in [0.29, 0.717) is 11.4 Å². The van der Waals surface area contributed by atoms with Crippen molar-refractivity contribution >= 4 is 17.4 Å². The minimum Gasteiger partial charge on any atom is -0.497 e. The third-order valence-electron chi connectivity index (χ3n) is 1.85. The van der Waals surface area contributed by atoms with Gasteiger partial charge in [0.2, 0.25) is 0 Å². The normalized spacial score (nSPS) is 11.0. The van der Waals surface area contributed by atoms with Gasteiger partial charge in [-0.25, -0.2) is 9.79 Å². The summed E-state index contributed by atoms with van der Waals surface area (Å²) in [5, 5.41) is 0. The molecule has 1 aromatic rings. The number of hydrogen-bond acceptors (Lipinski definition) is 4. The quantitative estimate of drug-likeness (QED) is 0.562. The van der Waals surface area contributed by atoms with E-state index in [2.05, 4.69) is 9.73 Å². The van der Waals surface area contributed by atoms with Crippen LogP contribution in [-0.4, -0.2) is 25.9 Å². The second-order valence-corrected chi connectivity index (χ2v) is 2.89. The number of hydrogen-bond donors (Lipinski definition) is 0. The lowest BCUT2D eigenvalue weighted by Gasteiger charge is -2.00. The van der Waals surface area contributed by atoms with E-state index in [1.54, 1.807) is 38.3 Å². The lowest BCUT2D eigenvalue weighted by atomic mass is 10.3. The van der Waals surface area contributed by atoms with E-state index in [9.17, 15) is 4.79 Å². The number of ether oxygens (including phenoxy) is 2. The highest BCUT2D eigenvalue weighted by molar-refractivity contribution is 6.35. The first kappa shape index (κ1) is 11.2. The fourth-order valence-corrected chi connectivity index (χ4v) is 1.04. The SMILES string of the molecule is COC(=O)C(C)=Nc1ccc(OC)cc1. The number of methoxy groups -OCH3 is 2. The molecule has 80 valence electrons. The Bertz CT molecular complexity index is 368. The van der Waals surface area contributed by atoms with Crippen molar-refractivity contribution in [3.8, 4) is 5.75 Å². The largest absolute Gasteiger partial charge is 0.497 e. The van der Waals surface area contributed by atoms with Crippen molar-refractivity contribution < 1.29 is 14.3 Å². The Morgan fingerprint density at radius 2 is 1.80 bits per heavy atom. The molecule has 0 N–H and O–H groups in total. The van der Waals surface area contributed by atoms with Crippen LogP contribution in [0.1, 0.15) is 6.92 Å². The van der Waals surface area contributed by atoms with Gasteiger partial charge in [-0.3, -0.25) is 0 Å². The molecule has 0 heterocycles. The summed E-state index contributed by atoms with van der Waals surface area (Å²) in [5.41, 5.74) is 1.02. The number of aliphatic imine (C=N–C) groups is 1. The van der Waals surface area contributed by atoms with Crippen molar-refractivity contribution in [3.05, 3.63) is 24.3 Å². The summed E-state index contributed by atoms with van der Waals surface area (Å²) in [6.07, 6.45) is 0. The molecule has 1 rings (SSSR count). The number of rotatable bonds is 3. The molecule has 0 saturated carbocycles. The van der Waals surface area contributed by atoms with Gasteiger partial charge in [-0.15, -0.1) is 0 Å². The molecule has 0 aromatic heterocycles. The van der Waals surface area contributed by atoms with E-state index in [0.717, 1.165) is 5.75 Å². The molecule has 0 fully saturated rings. The highest BCUT2D eigenvalue weighted by atomic mass is 16.5. The Morgan fingerprint density at radius 1 is 1.20 bits per heavy atom. The van der Waals surface area contributed by atoms with Crippen molar-refractivity contribution in [2.24, 2.45) is 4.99 Å². The van der Waals surface area contributed by atoms with Crippen LogP contribution in [-0.2, 0) is 9.53 Å². The minimum atomic E-state index is -0.425. The molecule has 0 radical (unpaired) electrons. The van der Waals surface area contributed by atoms with Gasteiger partial charge in [-0.05, 0) is 31.2 Å². The first-order chi connectivity index (χ1) is 7.17. The van der Waals surface area contributed by atoms with Crippen LogP contribution in [0, 0.1) is 0 Å². The van der Waals surface area contributed by atoms with Gasteiger partial charge in [0.15, 0.2) is 0 Å². The predicted molar refractivity (Wildman–Crippen MR) is 57.8 cm³/mol. The number of benzene rings is 1. The van der Waals surface area contributed by atoms with Crippen LogP contribution in [0.4, 0.5) is 5.69 Å². The zero-order valence-corrected chi connectivity index (χ0v) is 8.98. The second kappa shape index (κ2) is 5.14. The molecule has 0 aliphatic carbocycles. The van der Waals surface area contributed by atoms with Crippen molar-refractivity contribution in [1.29, 1.82) is 0 Å². The molecule has 4 nitrogen and oxygen atoms in total. The van der Waals surface area contributed by atoms with E-state index < -0.39 is 5.97 Å². The Labute approximate surface area is 88.5 Å². The molecule has 0 bridgehead atoms. The summed E-state index contributed by atoms with van der Waals surface area (Å²) in [4.78, 5) is 15.2. The number of esters is 1. The van der Waals surface area contributed by atoms with Gasteiger partial charge in [-0.1, -0.05) is 0 Å². The third-order valence-corrected chi connectivity index (χ3v) is 1.85. The van der Waals surface area contributed by atoms with Crippen molar-refractivity contribution in [3.63, 3.8) is 0 Å². The van der Waals surface area contributed by atoms with E-state index >= 15 is 0 Å². The molecular weight excluding hydrogens is 194 g/mol. The van der Waals surface area contributed by atoms with Crippen molar-refractivity contribution in [1.82, 2.24) is 0 Å². The lowest BCUT2D eigenvalue weighted by molar-refractivity contribution is -0.132. The summed E-state index contributed by atoms with van der Waals surface area (Å²) in [6, 6.07) is 7.10. The van der Waals surface area contributed by atoms with E-state index in [1.165, 1.54) is 7.11 Å². The third kappa shape index (κ3) is 3.09. The van der Waals surface area contributed by atoms with Gasteiger partial charge in [0.05, 0.1) is 19.9 Å². The second-order valence-electron chi connectivity index (χ2n) is 2.89. The zero-order chi connectivity index (χ0) is 11.3. The maximum Gasteiger partial charge on any atom is 0.352 e. The smallest absolute Gasteiger partial charge is 0.352 e. The highest BCUT2D eigenvalue weighted by Gasteiger charge is 2.04. The average Bonchev–Trinajstić information content (AvgIpc) is 2.29. The van der Waals surface area contributed by atoms with Crippen LogP contribution in [0.3, 0.4) is 0 Å². The molecule has 15 heavy (non-hydrogen) atoms.